The van der Waals surface area contributed by atoms with E-state index in [2.05, 4.69) is 16.7 Å². The maximum atomic E-state index is 12.4. The number of benzene rings is 2. The zero-order valence-corrected chi connectivity index (χ0v) is 12.0. The summed E-state index contributed by atoms with van der Waals surface area (Å²) in [5, 5.41) is 6.29. The summed E-state index contributed by atoms with van der Waals surface area (Å²) in [5.41, 5.74) is 3.14. The van der Waals surface area contributed by atoms with Gasteiger partial charge in [0.1, 0.15) is 6.04 Å². The van der Waals surface area contributed by atoms with Crippen molar-refractivity contribution in [3.63, 3.8) is 0 Å². The quantitative estimate of drug-likeness (QED) is 0.849. The van der Waals surface area contributed by atoms with Gasteiger partial charge >= 0.3 is 0 Å². The van der Waals surface area contributed by atoms with Crippen molar-refractivity contribution in [1.82, 2.24) is 0 Å². The predicted molar refractivity (Wildman–Crippen MR) is 84.4 cm³/mol. The largest absolute Gasteiger partial charge is 0.373 e. The van der Waals surface area contributed by atoms with Crippen LogP contribution in [-0.4, -0.2) is 18.2 Å². The fraction of sp³-hybridized carbons (Fsp3) is 0.188. The highest BCUT2D eigenvalue weighted by molar-refractivity contribution is 7.98. The molecule has 0 radical (unpaired) electrons. The third kappa shape index (κ3) is 2.51. The van der Waals surface area contributed by atoms with Crippen molar-refractivity contribution in [2.24, 2.45) is 0 Å². The molecule has 102 valence electrons. The molecule has 1 aliphatic rings. The molecule has 20 heavy (non-hydrogen) atoms. The maximum Gasteiger partial charge on any atom is 0.247 e. The molecule has 0 spiro atoms. The molecule has 4 heteroatoms. The number of fused-ring (bicyclic) bond motifs is 1. The molecule has 2 aromatic rings. The van der Waals surface area contributed by atoms with Gasteiger partial charge < -0.3 is 10.6 Å². The molecule has 1 aliphatic heterocycles. The second-order valence-corrected chi connectivity index (χ2v) is 5.60. The zero-order valence-electron chi connectivity index (χ0n) is 11.2. The lowest BCUT2D eigenvalue weighted by Gasteiger charge is -2.14. The fourth-order valence-electron chi connectivity index (χ4n) is 2.42. The molecule has 0 saturated carbocycles. The molecule has 2 N–H and O–H groups in total. The average Bonchev–Trinajstić information content (AvgIpc) is 2.92. The van der Waals surface area contributed by atoms with Crippen molar-refractivity contribution in [3.8, 4) is 0 Å². The minimum atomic E-state index is -0.192. The van der Waals surface area contributed by atoms with Gasteiger partial charge in [-0.1, -0.05) is 30.3 Å². The summed E-state index contributed by atoms with van der Waals surface area (Å²) < 4.78 is 0. The van der Waals surface area contributed by atoms with E-state index in [-0.39, 0.29) is 11.9 Å². The molecule has 0 aromatic heterocycles. The van der Waals surface area contributed by atoms with E-state index in [9.17, 15) is 4.79 Å². The van der Waals surface area contributed by atoms with Gasteiger partial charge in [0.25, 0.3) is 0 Å². The van der Waals surface area contributed by atoms with E-state index in [0.29, 0.717) is 0 Å². The number of para-hydroxylation sites is 2. The standard InChI is InChI=1S/C16H16N2OS/c1-20-15-9-5-4-8-13(15)18-16(19)14-10-11-6-2-3-7-12(11)17-14/h2-9,14,17H,10H2,1H3,(H,18,19). The highest BCUT2D eigenvalue weighted by Crippen LogP contribution is 2.28. The predicted octanol–water partition coefficient (Wildman–Crippen LogP) is 3.38. The van der Waals surface area contributed by atoms with Gasteiger partial charge in [-0.15, -0.1) is 11.8 Å². The third-order valence-corrected chi connectivity index (χ3v) is 4.25. The number of hydrogen-bond acceptors (Lipinski definition) is 3. The number of carbonyl (C=O) groups excluding carboxylic acids is 1. The van der Waals surface area contributed by atoms with Crippen LogP contribution in [0.1, 0.15) is 5.56 Å². The van der Waals surface area contributed by atoms with Crippen LogP contribution in [0.4, 0.5) is 11.4 Å². The number of carbonyl (C=O) groups is 1. The first-order valence-corrected chi connectivity index (χ1v) is 7.79. The molecule has 1 amide bonds. The normalized spacial score (nSPS) is 16.4. The van der Waals surface area contributed by atoms with Crippen molar-refractivity contribution >= 4 is 29.0 Å². The summed E-state index contributed by atoms with van der Waals surface area (Å²) in [4.78, 5) is 13.4. The van der Waals surface area contributed by atoms with Gasteiger partial charge in [0.2, 0.25) is 5.91 Å². The SMILES string of the molecule is CSc1ccccc1NC(=O)C1Cc2ccccc2N1. The molecule has 1 heterocycles. The van der Waals surface area contributed by atoms with Crippen LogP contribution in [0.5, 0.6) is 0 Å². The summed E-state index contributed by atoms with van der Waals surface area (Å²) in [5.74, 6) is 0.0164. The number of thioether (sulfide) groups is 1. The second-order valence-electron chi connectivity index (χ2n) is 4.75. The van der Waals surface area contributed by atoms with Gasteiger partial charge in [-0.25, -0.2) is 0 Å². The van der Waals surface area contributed by atoms with E-state index in [1.54, 1.807) is 11.8 Å². The van der Waals surface area contributed by atoms with E-state index in [0.717, 1.165) is 22.7 Å². The lowest BCUT2D eigenvalue weighted by Crippen LogP contribution is -2.32. The number of nitrogens with one attached hydrogen (secondary N) is 2. The Morgan fingerprint density at radius 1 is 1.20 bits per heavy atom. The first-order valence-electron chi connectivity index (χ1n) is 6.56. The minimum Gasteiger partial charge on any atom is -0.373 e. The molecule has 2 aromatic carbocycles. The molecule has 3 rings (SSSR count). The Morgan fingerprint density at radius 2 is 1.95 bits per heavy atom. The van der Waals surface area contributed by atoms with E-state index in [1.165, 1.54) is 5.56 Å². The molecule has 0 bridgehead atoms. The van der Waals surface area contributed by atoms with Gasteiger partial charge in [-0.3, -0.25) is 4.79 Å². The second kappa shape index (κ2) is 5.59. The lowest BCUT2D eigenvalue weighted by atomic mass is 10.1. The van der Waals surface area contributed by atoms with Gasteiger partial charge in [0.15, 0.2) is 0 Å². The molecule has 1 atom stereocenters. The number of hydrogen-bond donors (Lipinski definition) is 2. The van der Waals surface area contributed by atoms with E-state index in [1.807, 2.05) is 48.7 Å². The summed E-state index contributed by atoms with van der Waals surface area (Å²) in [6.45, 7) is 0. The summed E-state index contributed by atoms with van der Waals surface area (Å²) >= 11 is 1.63. The first kappa shape index (κ1) is 13.1. The van der Waals surface area contributed by atoms with Gasteiger partial charge in [0, 0.05) is 17.0 Å². The Bertz CT molecular complexity index is 617. The molecule has 1 unspecified atom stereocenters. The molecular weight excluding hydrogens is 268 g/mol. The van der Waals surface area contributed by atoms with Crippen LogP contribution in [0.3, 0.4) is 0 Å². The van der Waals surface area contributed by atoms with Crippen LogP contribution in [0, 0.1) is 0 Å². The summed E-state index contributed by atoms with van der Waals surface area (Å²) in [6.07, 6.45) is 2.75. The van der Waals surface area contributed by atoms with E-state index < -0.39 is 0 Å². The van der Waals surface area contributed by atoms with E-state index in [4.69, 9.17) is 0 Å². The van der Waals surface area contributed by atoms with Crippen molar-refractivity contribution in [2.45, 2.75) is 17.4 Å². The molecule has 0 aliphatic carbocycles. The van der Waals surface area contributed by atoms with Crippen LogP contribution >= 0.6 is 11.8 Å². The van der Waals surface area contributed by atoms with Crippen LogP contribution in [0.15, 0.2) is 53.4 Å². The smallest absolute Gasteiger partial charge is 0.247 e. The molecule has 3 nitrogen and oxygen atoms in total. The van der Waals surface area contributed by atoms with Crippen LogP contribution in [0.2, 0.25) is 0 Å². The Kier molecular flexibility index (Phi) is 3.65. The monoisotopic (exact) mass is 284 g/mol. The Balaban J connectivity index is 1.72. The maximum absolute atomic E-state index is 12.4. The van der Waals surface area contributed by atoms with Crippen LogP contribution in [0.25, 0.3) is 0 Å². The number of amides is 1. The van der Waals surface area contributed by atoms with Gasteiger partial charge in [0.05, 0.1) is 5.69 Å². The van der Waals surface area contributed by atoms with Crippen molar-refractivity contribution in [3.05, 3.63) is 54.1 Å². The van der Waals surface area contributed by atoms with Crippen molar-refractivity contribution in [2.75, 3.05) is 16.9 Å². The first-order chi connectivity index (χ1) is 9.78. The number of rotatable bonds is 3. The number of anilines is 2. The average molecular weight is 284 g/mol. The fourth-order valence-corrected chi connectivity index (χ4v) is 2.98. The van der Waals surface area contributed by atoms with Gasteiger partial charge in [-0.2, -0.15) is 0 Å². The summed E-state index contributed by atoms with van der Waals surface area (Å²) in [7, 11) is 0. The highest BCUT2D eigenvalue weighted by atomic mass is 32.2. The molecule has 0 fully saturated rings. The Hall–Kier alpha value is -1.94. The lowest BCUT2D eigenvalue weighted by molar-refractivity contribution is -0.116. The zero-order chi connectivity index (χ0) is 13.9. The molecule has 0 saturated heterocycles. The highest BCUT2D eigenvalue weighted by Gasteiger charge is 2.26. The van der Waals surface area contributed by atoms with Crippen molar-refractivity contribution in [1.29, 1.82) is 0 Å². The Morgan fingerprint density at radius 3 is 2.75 bits per heavy atom. The van der Waals surface area contributed by atoms with Gasteiger partial charge in [-0.05, 0) is 30.0 Å². The topological polar surface area (TPSA) is 41.1 Å². The third-order valence-electron chi connectivity index (χ3n) is 3.45. The van der Waals surface area contributed by atoms with E-state index >= 15 is 0 Å². The Labute approximate surface area is 122 Å². The van der Waals surface area contributed by atoms with Crippen LogP contribution in [-0.2, 0) is 11.2 Å². The van der Waals surface area contributed by atoms with Crippen molar-refractivity contribution < 1.29 is 4.79 Å². The minimum absolute atomic E-state index is 0.0164. The summed E-state index contributed by atoms with van der Waals surface area (Å²) in [6, 6.07) is 15.7. The van der Waals surface area contributed by atoms with Crippen LogP contribution < -0.4 is 10.6 Å². The molecular formula is C16H16N2OS.